The Morgan fingerprint density at radius 2 is 1.18 bits per heavy atom. The summed E-state index contributed by atoms with van der Waals surface area (Å²) in [6, 6.07) is 39.6. The van der Waals surface area contributed by atoms with Crippen molar-refractivity contribution in [3.8, 4) is 11.1 Å². The molecule has 5 aromatic carbocycles. The summed E-state index contributed by atoms with van der Waals surface area (Å²) in [6.07, 6.45) is 6.23. The number of halogens is 2. The number of benzene rings is 5. The van der Waals surface area contributed by atoms with Gasteiger partial charge in [0.25, 0.3) is 0 Å². The fourth-order valence-electron chi connectivity index (χ4n) is 4.86. The van der Waals surface area contributed by atoms with Crippen LogP contribution >= 0.6 is 0 Å². The van der Waals surface area contributed by atoms with Crippen LogP contribution in [0.4, 0.5) is 8.78 Å². The molecule has 194 valence electrons. The Morgan fingerprint density at radius 3 is 1.85 bits per heavy atom. The molecule has 0 heterocycles. The zero-order valence-electron chi connectivity index (χ0n) is 22.2. The molecule has 0 amide bonds. The lowest BCUT2D eigenvalue weighted by atomic mass is 9.93. The largest absolute Gasteiger partial charge is 0.207 e. The van der Waals surface area contributed by atoms with E-state index in [1.165, 1.54) is 28.8 Å². The molecule has 0 spiro atoms. The Balaban J connectivity index is 1.18. The third-order valence-electron chi connectivity index (χ3n) is 7.24. The minimum Gasteiger partial charge on any atom is -0.207 e. The summed E-state index contributed by atoms with van der Waals surface area (Å²) >= 11 is 0. The lowest BCUT2D eigenvalue weighted by Gasteiger charge is -2.12. The molecule has 0 bridgehead atoms. The quantitative estimate of drug-likeness (QED) is 0.172. The average molecular weight is 515 g/mol. The SMILES string of the molecule is C[C@H](Cc1ccc(-c2ccc(C=Cc3ccc(CCc4ccc(F)cc4)cc3F)cc2)cc1)c1ccccc1. The third kappa shape index (κ3) is 7.18. The molecule has 0 N–H and O–H groups in total. The van der Waals surface area contributed by atoms with Crippen LogP contribution in [0.1, 0.15) is 46.2 Å². The molecule has 0 saturated carbocycles. The second-order valence-electron chi connectivity index (χ2n) is 10.2. The van der Waals surface area contributed by atoms with Crippen LogP contribution in [0, 0.1) is 11.6 Å². The first kappa shape index (κ1) is 26.3. The smallest absolute Gasteiger partial charge is 0.130 e. The second kappa shape index (κ2) is 12.5. The van der Waals surface area contributed by atoms with Gasteiger partial charge in [-0.2, -0.15) is 0 Å². The van der Waals surface area contributed by atoms with E-state index < -0.39 is 0 Å². The van der Waals surface area contributed by atoms with Crippen molar-refractivity contribution in [2.24, 2.45) is 0 Å². The normalized spacial score (nSPS) is 12.1. The Labute approximate surface area is 230 Å². The van der Waals surface area contributed by atoms with Gasteiger partial charge in [-0.1, -0.05) is 122 Å². The van der Waals surface area contributed by atoms with Crippen LogP contribution < -0.4 is 0 Å². The molecule has 0 aliphatic carbocycles. The predicted molar refractivity (Wildman–Crippen MR) is 160 cm³/mol. The topological polar surface area (TPSA) is 0 Å². The van der Waals surface area contributed by atoms with Gasteiger partial charge in [0.2, 0.25) is 0 Å². The number of aryl methyl sites for hydroxylation is 2. The minimum absolute atomic E-state index is 0.235. The molecule has 5 aromatic rings. The van der Waals surface area contributed by atoms with E-state index in [-0.39, 0.29) is 11.6 Å². The summed E-state index contributed by atoms with van der Waals surface area (Å²) in [5, 5.41) is 0. The predicted octanol–water partition coefficient (Wildman–Crippen LogP) is 9.93. The molecule has 0 saturated heterocycles. The van der Waals surface area contributed by atoms with Crippen molar-refractivity contribution >= 4 is 12.2 Å². The van der Waals surface area contributed by atoms with E-state index >= 15 is 0 Å². The Morgan fingerprint density at radius 1 is 0.590 bits per heavy atom. The first-order valence-corrected chi connectivity index (χ1v) is 13.5. The van der Waals surface area contributed by atoms with Gasteiger partial charge in [0.1, 0.15) is 11.6 Å². The van der Waals surface area contributed by atoms with E-state index in [1.807, 2.05) is 24.3 Å². The molecule has 0 nitrogen and oxygen atoms in total. The molecule has 0 fully saturated rings. The maximum atomic E-state index is 14.7. The van der Waals surface area contributed by atoms with E-state index in [2.05, 4.69) is 85.8 Å². The van der Waals surface area contributed by atoms with Crippen molar-refractivity contribution in [3.05, 3.63) is 166 Å². The Kier molecular flexibility index (Phi) is 8.43. The second-order valence-corrected chi connectivity index (χ2v) is 10.2. The van der Waals surface area contributed by atoms with E-state index in [0.717, 1.165) is 35.1 Å². The van der Waals surface area contributed by atoms with Gasteiger partial charge in [0.05, 0.1) is 0 Å². The Hall–Kier alpha value is -4.30. The van der Waals surface area contributed by atoms with Crippen LogP contribution in [0.3, 0.4) is 0 Å². The van der Waals surface area contributed by atoms with Crippen molar-refractivity contribution in [2.45, 2.75) is 32.1 Å². The molecular formula is C37H32F2. The molecule has 0 unspecified atom stereocenters. The summed E-state index contributed by atoms with van der Waals surface area (Å²) in [5.41, 5.74) is 8.59. The molecule has 5 rings (SSSR count). The van der Waals surface area contributed by atoms with Crippen molar-refractivity contribution in [2.75, 3.05) is 0 Å². The highest BCUT2D eigenvalue weighted by Crippen LogP contribution is 2.25. The highest BCUT2D eigenvalue weighted by molar-refractivity contribution is 5.72. The molecule has 0 radical (unpaired) electrons. The average Bonchev–Trinajstić information content (AvgIpc) is 2.97. The maximum Gasteiger partial charge on any atom is 0.130 e. The summed E-state index contributed by atoms with van der Waals surface area (Å²) in [5.74, 6) is 0.000749. The van der Waals surface area contributed by atoms with Gasteiger partial charge in [-0.15, -0.1) is 0 Å². The minimum atomic E-state index is -0.242. The summed E-state index contributed by atoms with van der Waals surface area (Å²) in [4.78, 5) is 0. The maximum absolute atomic E-state index is 14.7. The summed E-state index contributed by atoms with van der Waals surface area (Å²) in [7, 11) is 0. The molecule has 0 aliphatic heterocycles. The van der Waals surface area contributed by atoms with Gasteiger partial charge in [0, 0.05) is 5.56 Å². The van der Waals surface area contributed by atoms with Crippen molar-refractivity contribution in [1.82, 2.24) is 0 Å². The van der Waals surface area contributed by atoms with Crippen molar-refractivity contribution in [3.63, 3.8) is 0 Å². The summed E-state index contributed by atoms with van der Waals surface area (Å²) in [6.45, 7) is 2.27. The molecule has 39 heavy (non-hydrogen) atoms. The summed E-state index contributed by atoms with van der Waals surface area (Å²) < 4.78 is 27.8. The zero-order chi connectivity index (χ0) is 27.0. The van der Waals surface area contributed by atoms with Gasteiger partial charge in [-0.3, -0.25) is 0 Å². The standard InChI is InChI=1S/C37H32F2/c1-27(32-5-3-2-4-6-32)25-30-12-19-34(20-13-30)33-17-9-29(10-18-33)11-21-35-22-14-31(26-37(35)39)8-7-28-15-23-36(38)24-16-28/h2-6,9-24,26-27H,7-8,25H2,1H3/t27-/m1/s1. The van der Waals surface area contributed by atoms with Crippen LogP contribution in [0.2, 0.25) is 0 Å². The fraction of sp³-hybridized carbons (Fsp3) is 0.135. The molecule has 0 aliphatic rings. The lowest BCUT2D eigenvalue weighted by Crippen LogP contribution is -1.98. The monoisotopic (exact) mass is 514 g/mol. The molecular weight excluding hydrogens is 482 g/mol. The van der Waals surface area contributed by atoms with Gasteiger partial charge in [-0.05, 0) is 82.3 Å². The van der Waals surface area contributed by atoms with E-state index in [0.29, 0.717) is 17.9 Å². The highest BCUT2D eigenvalue weighted by Gasteiger charge is 2.07. The highest BCUT2D eigenvalue weighted by atomic mass is 19.1. The zero-order valence-corrected chi connectivity index (χ0v) is 22.2. The van der Waals surface area contributed by atoms with E-state index in [4.69, 9.17) is 0 Å². The van der Waals surface area contributed by atoms with Crippen LogP contribution in [-0.2, 0) is 19.3 Å². The number of hydrogen-bond acceptors (Lipinski definition) is 0. The van der Waals surface area contributed by atoms with Gasteiger partial charge in [0.15, 0.2) is 0 Å². The van der Waals surface area contributed by atoms with Crippen LogP contribution in [0.15, 0.2) is 121 Å². The van der Waals surface area contributed by atoms with Crippen LogP contribution in [0.25, 0.3) is 23.3 Å². The van der Waals surface area contributed by atoms with Crippen LogP contribution in [-0.4, -0.2) is 0 Å². The van der Waals surface area contributed by atoms with E-state index in [1.54, 1.807) is 18.2 Å². The lowest BCUT2D eigenvalue weighted by molar-refractivity contribution is 0.622. The Bertz CT molecular complexity index is 1510. The number of rotatable bonds is 9. The number of hydrogen-bond donors (Lipinski definition) is 0. The first-order valence-electron chi connectivity index (χ1n) is 13.5. The van der Waals surface area contributed by atoms with Gasteiger partial charge >= 0.3 is 0 Å². The van der Waals surface area contributed by atoms with Gasteiger partial charge in [-0.25, -0.2) is 8.78 Å². The first-order chi connectivity index (χ1) is 19.0. The van der Waals surface area contributed by atoms with E-state index in [9.17, 15) is 8.78 Å². The molecule has 2 heteroatoms. The molecule has 1 atom stereocenters. The van der Waals surface area contributed by atoms with Crippen LogP contribution in [0.5, 0.6) is 0 Å². The van der Waals surface area contributed by atoms with Gasteiger partial charge < -0.3 is 0 Å². The fourth-order valence-corrected chi connectivity index (χ4v) is 4.86. The molecule has 0 aromatic heterocycles. The third-order valence-corrected chi connectivity index (χ3v) is 7.24. The van der Waals surface area contributed by atoms with Crippen molar-refractivity contribution < 1.29 is 8.78 Å². The van der Waals surface area contributed by atoms with Crippen molar-refractivity contribution in [1.29, 1.82) is 0 Å².